The lowest BCUT2D eigenvalue weighted by atomic mass is 9.90. The molecular weight excluding hydrogens is 354 g/mol. The number of carbonyl (C=O) groups is 3. The van der Waals surface area contributed by atoms with E-state index in [4.69, 9.17) is 0 Å². The van der Waals surface area contributed by atoms with Crippen LogP contribution in [0.3, 0.4) is 0 Å². The maximum atomic E-state index is 12.5. The Morgan fingerprint density at radius 2 is 1.50 bits per heavy atom. The molecule has 0 atom stereocenters. The molecule has 0 unspecified atom stereocenters. The van der Waals surface area contributed by atoms with E-state index >= 15 is 0 Å². The van der Waals surface area contributed by atoms with Crippen LogP contribution in [-0.4, -0.2) is 35.7 Å². The molecule has 1 aliphatic rings. The maximum Gasteiger partial charge on any atom is 0.227 e. The van der Waals surface area contributed by atoms with Gasteiger partial charge in [-0.25, -0.2) is 0 Å². The van der Waals surface area contributed by atoms with Crippen molar-refractivity contribution in [3.8, 4) is 0 Å². The number of nitrogens with one attached hydrogen (secondary N) is 2. The fourth-order valence-corrected chi connectivity index (χ4v) is 3.28. The van der Waals surface area contributed by atoms with Gasteiger partial charge < -0.3 is 15.5 Å². The smallest absolute Gasteiger partial charge is 0.227 e. The number of rotatable bonds is 5. The van der Waals surface area contributed by atoms with Gasteiger partial charge in [0.2, 0.25) is 17.7 Å². The molecule has 0 saturated carbocycles. The van der Waals surface area contributed by atoms with E-state index in [1.54, 1.807) is 24.3 Å². The Morgan fingerprint density at radius 1 is 1.00 bits per heavy atom. The van der Waals surface area contributed by atoms with E-state index < -0.39 is 0 Å². The van der Waals surface area contributed by atoms with Gasteiger partial charge in [0.1, 0.15) is 0 Å². The number of benzene rings is 1. The molecule has 0 spiro atoms. The molecule has 2 rings (SSSR count). The SMILES string of the molecule is CC(C)CC(=O)Nc1ccc(NC(=O)C2CCN(C(=O)C(C)(C)C)CC2)cc1. The molecule has 28 heavy (non-hydrogen) atoms. The second-order valence-corrected chi connectivity index (χ2v) is 9.03. The van der Waals surface area contributed by atoms with Crippen molar-refractivity contribution in [2.45, 2.75) is 53.9 Å². The van der Waals surface area contributed by atoms with Gasteiger partial charge in [0, 0.05) is 42.2 Å². The molecule has 0 bridgehead atoms. The van der Waals surface area contributed by atoms with Crippen LogP contribution in [-0.2, 0) is 14.4 Å². The molecule has 1 aliphatic heterocycles. The summed E-state index contributed by atoms with van der Waals surface area (Å²) in [5, 5.41) is 5.80. The van der Waals surface area contributed by atoms with Gasteiger partial charge in [-0.15, -0.1) is 0 Å². The van der Waals surface area contributed by atoms with Crippen molar-refractivity contribution in [2.75, 3.05) is 23.7 Å². The molecule has 2 N–H and O–H groups in total. The largest absolute Gasteiger partial charge is 0.342 e. The predicted octanol–water partition coefficient (Wildman–Crippen LogP) is 3.89. The van der Waals surface area contributed by atoms with Crippen molar-refractivity contribution in [3.63, 3.8) is 0 Å². The lowest BCUT2D eigenvalue weighted by Crippen LogP contribution is -2.45. The van der Waals surface area contributed by atoms with Crippen molar-refractivity contribution in [3.05, 3.63) is 24.3 Å². The Kier molecular flexibility index (Phi) is 7.22. The topological polar surface area (TPSA) is 78.5 Å². The van der Waals surface area contributed by atoms with Crippen LogP contribution in [0.2, 0.25) is 0 Å². The summed E-state index contributed by atoms with van der Waals surface area (Å²) in [7, 11) is 0. The maximum absolute atomic E-state index is 12.5. The van der Waals surface area contributed by atoms with Crippen LogP contribution in [0.15, 0.2) is 24.3 Å². The summed E-state index contributed by atoms with van der Waals surface area (Å²) >= 11 is 0. The molecule has 6 heteroatoms. The fraction of sp³-hybridized carbons (Fsp3) is 0.591. The molecule has 1 fully saturated rings. The lowest BCUT2D eigenvalue weighted by molar-refractivity contribution is -0.142. The summed E-state index contributed by atoms with van der Waals surface area (Å²) in [4.78, 5) is 38.6. The predicted molar refractivity (Wildman–Crippen MR) is 112 cm³/mol. The zero-order valence-electron chi connectivity index (χ0n) is 17.7. The lowest BCUT2D eigenvalue weighted by Gasteiger charge is -2.35. The minimum Gasteiger partial charge on any atom is -0.342 e. The number of carbonyl (C=O) groups excluding carboxylic acids is 3. The highest BCUT2D eigenvalue weighted by Gasteiger charge is 2.32. The van der Waals surface area contributed by atoms with Crippen LogP contribution in [0, 0.1) is 17.3 Å². The Balaban J connectivity index is 1.83. The minimum atomic E-state index is -0.387. The first-order valence-corrected chi connectivity index (χ1v) is 10.1. The summed E-state index contributed by atoms with van der Waals surface area (Å²) in [6.45, 7) is 11.0. The standard InChI is InChI=1S/C22H33N3O3/c1-15(2)14-19(26)23-17-6-8-18(9-7-17)24-20(27)16-10-12-25(13-11-16)21(28)22(3,4)5/h6-9,15-16H,10-14H2,1-5H3,(H,23,26)(H,24,27). The summed E-state index contributed by atoms with van der Waals surface area (Å²) in [6, 6.07) is 7.17. The molecule has 1 heterocycles. The third kappa shape index (κ3) is 6.36. The van der Waals surface area contributed by atoms with Gasteiger partial charge in [-0.05, 0) is 43.0 Å². The highest BCUT2D eigenvalue weighted by atomic mass is 16.2. The number of likely N-dealkylation sites (tertiary alicyclic amines) is 1. The number of hydrogen-bond donors (Lipinski definition) is 2. The van der Waals surface area contributed by atoms with E-state index in [2.05, 4.69) is 10.6 Å². The summed E-state index contributed by atoms with van der Waals surface area (Å²) in [5.41, 5.74) is 1.04. The first kappa shape index (κ1) is 21.9. The van der Waals surface area contributed by atoms with Gasteiger partial charge >= 0.3 is 0 Å². The van der Waals surface area contributed by atoms with Crippen molar-refractivity contribution in [2.24, 2.45) is 17.3 Å². The third-order valence-electron chi connectivity index (χ3n) is 4.82. The second-order valence-electron chi connectivity index (χ2n) is 9.03. The van der Waals surface area contributed by atoms with Crippen molar-refractivity contribution in [1.82, 2.24) is 4.90 Å². The Bertz CT molecular complexity index is 697. The van der Waals surface area contributed by atoms with Gasteiger partial charge in [-0.2, -0.15) is 0 Å². The summed E-state index contributed by atoms with van der Waals surface area (Å²) < 4.78 is 0. The molecule has 3 amide bonds. The number of nitrogens with zero attached hydrogens (tertiary/aromatic N) is 1. The van der Waals surface area contributed by atoms with Crippen molar-refractivity contribution in [1.29, 1.82) is 0 Å². The minimum absolute atomic E-state index is 0.0108. The van der Waals surface area contributed by atoms with Crippen LogP contribution >= 0.6 is 0 Å². The normalized spacial score (nSPS) is 15.4. The second kappa shape index (κ2) is 9.22. The molecule has 6 nitrogen and oxygen atoms in total. The third-order valence-corrected chi connectivity index (χ3v) is 4.82. The van der Waals surface area contributed by atoms with Crippen LogP contribution in [0.4, 0.5) is 11.4 Å². The molecule has 0 aromatic heterocycles. The van der Waals surface area contributed by atoms with Crippen LogP contribution in [0.1, 0.15) is 53.9 Å². The van der Waals surface area contributed by atoms with Crippen LogP contribution in [0.5, 0.6) is 0 Å². The van der Waals surface area contributed by atoms with E-state index in [0.29, 0.717) is 44.0 Å². The fourth-order valence-electron chi connectivity index (χ4n) is 3.28. The van der Waals surface area contributed by atoms with Gasteiger partial charge in [0.15, 0.2) is 0 Å². The zero-order chi connectivity index (χ0) is 20.9. The summed E-state index contributed by atoms with van der Waals surface area (Å²) in [5.74, 6) is 0.336. The summed E-state index contributed by atoms with van der Waals surface area (Å²) in [6.07, 6.45) is 1.84. The van der Waals surface area contributed by atoms with Gasteiger partial charge in [0.05, 0.1) is 0 Å². The monoisotopic (exact) mass is 387 g/mol. The van der Waals surface area contributed by atoms with Gasteiger partial charge in [0.25, 0.3) is 0 Å². The van der Waals surface area contributed by atoms with Crippen molar-refractivity contribution < 1.29 is 14.4 Å². The molecule has 1 aromatic rings. The molecule has 1 aromatic carbocycles. The highest BCUT2D eigenvalue weighted by molar-refractivity contribution is 5.94. The van der Waals surface area contributed by atoms with Crippen molar-refractivity contribution >= 4 is 29.1 Å². The van der Waals surface area contributed by atoms with E-state index in [9.17, 15) is 14.4 Å². The number of amides is 3. The number of hydrogen-bond acceptors (Lipinski definition) is 3. The molecule has 0 aliphatic carbocycles. The Hall–Kier alpha value is -2.37. The highest BCUT2D eigenvalue weighted by Crippen LogP contribution is 2.25. The Morgan fingerprint density at radius 3 is 1.96 bits per heavy atom. The van der Waals surface area contributed by atoms with Gasteiger partial charge in [-0.1, -0.05) is 34.6 Å². The zero-order valence-corrected chi connectivity index (χ0v) is 17.7. The van der Waals surface area contributed by atoms with E-state index in [0.717, 1.165) is 5.69 Å². The molecule has 0 radical (unpaired) electrons. The quantitative estimate of drug-likeness (QED) is 0.804. The number of piperidine rings is 1. The van der Waals surface area contributed by atoms with Gasteiger partial charge in [-0.3, -0.25) is 14.4 Å². The first-order chi connectivity index (χ1) is 13.1. The molecular formula is C22H33N3O3. The average molecular weight is 388 g/mol. The number of anilines is 2. The van der Waals surface area contributed by atoms with Crippen LogP contribution in [0.25, 0.3) is 0 Å². The Labute approximate surface area is 168 Å². The van der Waals surface area contributed by atoms with E-state index in [1.165, 1.54) is 0 Å². The van der Waals surface area contributed by atoms with Crippen LogP contribution < -0.4 is 10.6 Å². The van der Waals surface area contributed by atoms with E-state index in [-0.39, 0.29) is 29.1 Å². The molecule has 1 saturated heterocycles. The van der Waals surface area contributed by atoms with E-state index in [1.807, 2.05) is 39.5 Å². The molecule has 154 valence electrons. The average Bonchev–Trinajstić information content (AvgIpc) is 2.61. The first-order valence-electron chi connectivity index (χ1n) is 10.1.